The molecule has 1 aromatic carbocycles. The molecule has 21 heavy (non-hydrogen) atoms. The van der Waals surface area contributed by atoms with Gasteiger partial charge in [-0.1, -0.05) is 0 Å². The number of barbiturate groups is 1. The summed E-state index contributed by atoms with van der Waals surface area (Å²) in [7, 11) is 0. The number of hydrogen-bond donors (Lipinski definition) is 1. The van der Waals surface area contributed by atoms with Crippen molar-refractivity contribution in [3.63, 3.8) is 0 Å². The van der Waals surface area contributed by atoms with Crippen molar-refractivity contribution in [3.8, 4) is 0 Å². The van der Waals surface area contributed by atoms with E-state index in [0.29, 0.717) is 11.0 Å². The molecule has 2 rings (SSSR count). The first-order valence-electron chi connectivity index (χ1n) is 5.68. The summed E-state index contributed by atoms with van der Waals surface area (Å²) in [6, 6.07) is 1.49. The van der Waals surface area contributed by atoms with Crippen LogP contribution in [0.15, 0.2) is 22.7 Å². The molecule has 1 atom stereocenters. The SMILES string of the molecule is CC1C(=O)NC(=O)N(c2cc(C(F)(F)F)ccc2Br)C1=O. The molecule has 0 aliphatic carbocycles. The molecule has 1 unspecified atom stereocenters. The third-order valence-corrected chi connectivity index (χ3v) is 3.60. The van der Waals surface area contributed by atoms with Crippen LogP contribution < -0.4 is 10.2 Å². The zero-order chi connectivity index (χ0) is 15.9. The molecular formula is C12H8BrF3N2O3. The molecule has 9 heteroatoms. The van der Waals surface area contributed by atoms with Crippen molar-refractivity contribution in [3.05, 3.63) is 28.2 Å². The second kappa shape index (κ2) is 5.14. The quantitative estimate of drug-likeness (QED) is 0.779. The van der Waals surface area contributed by atoms with Gasteiger partial charge in [0.25, 0.3) is 0 Å². The lowest BCUT2D eigenvalue weighted by Gasteiger charge is -2.29. The average molecular weight is 365 g/mol. The van der Waals surface area contributed by atoms with Crippen LogP contribution in [0.3, 0.4) is 0 Å². The van der Waals surface area contributed by atoms with Crippen molar-refractivity contribution < 1.29 is 27.6 Å². The van der Waals surface area contributed by atoms with Gasteiger partial charge in [0.15, 0.2) is 0 Å². The Bertz CT molecular complexity index is 645. The van der Waals surface area contributed by atoms with E-state index >= 15 is 0 Å². The number of nitrogens with zero attached hydrogens (tertiary/aromatic N) is 1. The van der Waals surface area contributed by atoms with Gasteiger partial charge >= 0.3 is 12.2 Å². The molecule has 0 aromatic heterocycles. The highest BCUT2D eigenvalue weighted by atomic mass is 79.9. The Morgan fingerprint density at radius 2 is 1.86 bits per heavy atom. The molecule has 4 amide bonds. The van der Waals surface area contributed by atoms with Gasteiger partial charge in [-0.05, 0) is 41.1 Å². The summed E-state index contributed by atoms with van der Waals surface area (Å²) in [4.78, 5) is 35.6. The van der Waals surface area contributed by atoms with Crippen molar-refractivity contribution in [2.45, 2.75) is 13.1 Å². The molecule has 5 nitrogen and oxygen atoms in total. The molecule has 1 heterocycles. The molecule has 1 aliphatic rings. The maximum atomic E-state index is 12.7. The van der Waals surface area contributed by atoms with E-state index < -0.39 is 35.5 Å². The third-order valence-electron chi connectivity index (χ3n) is 2.93. The minimum absolute atomic E-state index is 0.126. The fraction of sp³-hybridized carbons (Fsp3) is 0.250. The average Bonchev–Trinajstić information content (AvgIpc) is 2.37. The topological polar surface area (TPSA) is 66.5 Å². The number of urea groups is 1. The molecule has 1 saturated heterocycles. The molecule has 0 radical (unpaired) electrons. The van der Waals surface area contributed by atoms with Gasteiger partial charge in [-0.15, -0.1) is 0 Å². The summed E-state index contributed by atoms with van der Waals surface area (Å²) >= 11 is 3.00. The zero-order valence-electron chi connectivity index (χ0n) is 10.5. The van der Waals surface area contributed by atoms with Crippen LogP contribution in [0.1, 0.15) is 12.5 Å². The second-order valence-corrected chi connectivity index (χ2v) is 5.21. The van der Waals surface area contributed by atoms with Gasteiger partial charge in [0, 0.05) is 4.47 Å². The van der Waals surface area contributed by atoms with Crippen LogP contribution in [-0.2, 0) is 15.8 Å². The largest absolute Gasteiger partial charge is 0.416 e. The zero-order valence-corrected chi connectivity index (χ0v) is 12.1. The van der Waals surface area contributed by atoms with Gasteiger partial charge in [0.05, 0.1) is 11.3 Å². The number of rotatable bonds is 1. The summed E-state index contributed by atoms with van der Waals surface area (Å²) < 4.78 is 38.3. The van der Waals surface area contributed by atoms with E-state index in [1.165, 1.54) is 6.92 Å². The predicted octanol–water partition coefficient (Wildman–Crippen LogP) is 2.69. The van der Waals surface area contributed by atoms with Crippen LogP contribution in [0.25, 0.3) is 0 Å². The Hall–Kier alpha value is -1.90. The number of carbonyl (C=O) groups is 3. The molecule has 0 bridgehead atoms. The summed E-state index contributed by atoms with van der Waals surface area (Å²) in [5.74, 6) is -2.84. The number of hydrogen-bond acceptors (Lipinski definition) is 3. The maximum absolute atomic E-state index is 12.7. The lowest BCUT2D eigenvalue weighted by Crippen LogP contribution is -2.57. The highest BCUT2D eigenvalue weighted by molar-refractivity contribution is 9.10. The van der Waals surface area contributed by atoms with Crippen LogP contribution >= 0.6 is 15.9 Å². The van der Waals surface area contributed by atoms with E-state index in [9.17, 15) is 27.6 Å². The summed E-state index contributed by atoms with van der Waals surface area (Å²) in [6.45, 7) is 1.26. The van der Waals surface area contributed by atoms with Crippen LogP contribution in [0, 0.1) is 5.92 Å². The molecule has 1 fully saturated rings. The molecule has 112 valence electrons. The number of benzene rings is 1. The standard InChI is InChI=1S/C12H8BrF3N2O3/c1-5-9(19)17-11(21)18(10(5)20)8-4-6(12(14,15)16)2-3-7(8)13/h2-5H,1H3,(H,17,19,21). The second-order valence-electron chi connectivity index (χ2n) is 4.35. The Balaban J connectivity index is 2.52. The number of imide groups is 2. The van der Waals surface area contributed by atoms with E-state index in [1.54, 1.807) is 0 Å². The highest BCUT2D eigenvalue weighted by Crippen LogP contribution is 2.36. The van der Waals surface area contributed by atoms with Gasteiger partial charge in [0.2, 0.25) is 11.8 Å². The lowest BCUT2D eigenvalue weighted by atomic mass is 10.1. The first-order chi connectivity index (χ1) is 9.62. The van der Waals surface area contributed by atoms with E-state index in [-0.39, 0.29) is 10.2 Å². The molecular weight excluding hydrogens is 357 g/mol. The monoisotopic (exact) mass is 364 g/mol. The van der Waals surface area contributed by atoms with E-state index in [0.717, 1.165) is 12.1 Å². The van der Waals surface area contributed by atoms with Gasteiger partial charge in [-0.3, -0.25) is 14.9 Å². The van der Waals surface area contributed by atoms with Gasteiger partial charge in [-0.25, -0.2) is 9.69 Å². The Morgan fingerprint density at radius 1 is 1.24 bits per heavy atom. The maximum Gasteiger partial charge on any atom is 0.416 e. The molecule has 1 aromatic rings. The number of anilines is 1. The van der Waals surface area contributed by atoms with Crippen LogP contribution in [0.2, 0.25) is 0 Å². The molecule has 1 aliphatic heterocycles. The number of carbonyl (C=O) groups excluding carboxylic acids is 3. The number of alkyl halides is 3. The Labute approximate surface area is 125 Å². The van der Waals surface area contributed by atoms with E-state index in [4.69, 9.17) is 0 Å². The van der Waals surface area contributed by atoms with Crippen LogP contribution in [-0.4, -0.2) is 17.8 Å². The minimum Gasteiger partial charge on any atom is -0.277 e. The number of nitrogens with one attached hydrogen (secondary N) is 1. The fourth-order valence-electron chi connectivity index (χ4n) is 1.76. The van der Waals surface area contributed by atoms with Crippen molar-refractivity contribution in [2.75, 3.05) is 4.90 Å². The van der Waals surface area contributed by atoms with Crippen LogP contribution in [0.5, 0.6) is 0 Å². The first kappa shape index (κ1) is 15.5. The normalized spacial score (nSPS) is 19.8. The minimum atomic E-state index is -4.62. The third kappa shape index (κ3) is 2.78. The van der Waals surface area contributed by atoms with Gasteiger partial charge in [0.1, 0.15) is 5.92 Å². The summed E-state index contributed by atoms with van der Waals surface area (Å²) in [6.07, 6.45) is -4.62. The molecule has 0 spiro atoms. The smallest absolute Gasteiger partial charge is 0.277 e. The molecule has 0 saturated carbocycles. The first-order valence-corrected chi connectivity index (χ1v) is 6.47. The van der Waals surface area contributed by atoms with Gasteiger partial charge in [-0.2, -0.15) is 13.2 Å². The highest BCUT2D eigenvalue weighted by Gasteiger charge is 2.40. The van der Waals surface area contributed by atoms with Crippen molar-refractivity contribution in [1.29, 1.82) is 0 Å². The number of amides is 4. The fourth-order valence-corrected chi connectivity index (χ4v) is 2.19. The van der Waals surface area contributed by atoms with Gasteiger partial charge < -0.3 is 0 Å². The summed E-state index contributed by atoms with van der Waals surface area (Å²) in [5.41, 5.74) is -1.28. The van der Waals surface area contributed by atoms with Crippen molar-refractivity contribution >= 4 is 39.5 Å². The Morgan fingerprint density at radius 3 is 2.43 bits per heavy atom. The summed E-state index contributed by atoms with van der Waals surface area (Å²) in [5, 5.41) is 1.92. The Kier molecular flexibility index (Phi) is 3.79. The lowest BCUT2D eigenvalue weighted by molar-refractivity contribution is -0.138. The van der Waals surface area contributed by atoms with Crippen molar-refractivity contribution in [1.82, 2.24) is 5.32 Å². The van der Waals surface area contributed by atoms with Crippen LogP contribution in [0.4, 0.5) is 23.7 Å². The predicted molar refractivity (Wildman–Crippen MR) is 69.3 cm³/mol. The van der Waals surface area contributed by atoms with E-state index in [1.807, 2.05) is 5.32 Å². The van der Waals surface area contributed by atoms with Crippen molar-refractivity contribution in [2.24, 2.45) is 5.92 Å². The molecule has 1 N–H and O–H groups in total. The number of halogens is 4. The van der Waals surface area contributed by atoms with E-state index in [2.05, 4.69) is 15.9 Å².